The van der Waals surface area contributed by atoms with Crippen molar-refractivity contribution >= 4 is 22.6 Å². The molecule has 0 fully saturated rings. The van der Waals surface area contributed by atoms with Gasteiger partial charge in [0.25, 0.3) is 0 Å². The third-order valence-electron chi connectivity index (χ3n) is 3.72. The molecule has 1 N–H and O–H groups in total. The van der Waals surface area contributed by atoms with Crippen LogP contribution >= 0.6 is 0 Å². The Morgan fingerprint density at radius 3 is 2.59 bits per heavy atom. The third kappa shape index (κ3) is 2.83. The van der Waals surface area contributed by atoms with E-state index in [9.17, 15) is 4.79 Å². The lowest BCUT2D eigenvalue weighted by Gasteiger charge is -2.11. The van der Waals surface area contributed by atoms with Crippen molar-refractivity contribution in [2.75, 3.05) is 5.32 Å². The number of nitrogens with one attached hydrogen (secondary N) is 1. The van der Waals surface area contributed by atoms with Gasteiger partial charge in [0.2, 0.25) is 5.91 Å². The van der Waals surface area contributed by atoms with Gasteiger partial charge in [-0.2, -0.15) is 0 Å². The van der Waals surface area contributed by atoms with Crippen LogP contribution in [0.25, 0.3) is 11.0 Å². The molecule has 0 saturated carbocycles. The smallest absolute Gasteiger partial charge is 0.226 e. The average molecular weight is 294 g/mol. The summed E-state index contributed by atoms with van der Waals surface area (Å²) in [6.45, 7) is 4.50. The van der Waals surface area contributed by atoms with Gasteiger partial charge >= 0.3 is 0 Å². The molecule has 2 aromatic carbocycles. The lowest BCUT2D eigenvalue weighted by atomic mass is 10.1. The van der Waals surface area contributed by atoms with Gasteiger partial charge in [0.1, 0.15) is 5.52 Å². The van der Waals surface area contributed by atoms with Gasteiger partial charge in [-0.3, -0.25) is 4.79 Å². The third-order valence-corrected chi connectivity index (χ3v) is 3.72. The standard InChI is InChI=1S/C17H18N4O/c1-12-6-5-7-13(2)17(12)18-16(22)10-11-21-15-9-4-3-8-14(15)19-20-21/h3-9H,10-11H2,1-2H3,(H,18,22). The number of carbonyl (C=O) groups is 1. The maximum Gasteiger partial charge on any atom is 0.226 e. The predicted octanol–water partition coefficient (Wildman–Crippen LogP) is 3.08. The van der Waals surface area contributed by atoms with Gasteiger partial charge in [-0.1, -0.05) is 35.5 Å². The fourth-order valence-electron chi connectivity index (χ4n) is 2.50. The first-order valence-electron chi connectivity index (χ1n) is 7.29. The van der Waals surface area contributed by atoms with E-state index in [0.717, 1.165) is 27.8 Å². The number of anilines is 1. The topological polar surface area (TPSA) is 59.8 Å². The van der Waals surface area contributed by atoms with Crippen LogP contribution in [0.15, 0.2) is 42.5 Å². The molecular weight excluding hydrogens is 276 g/mol. The normalized spacial score (nSPS) is 10.8. The first kappa shape index (κ1) is 14.3. The number of hydrogen-bond acceptors (Lipinski definition) is 3. The SMILES string of the molecule is Cc1cccc(C)c1NC(=O)CCn1nnc2ccccc21. The molecule has 0 saturated heterocycles. The molecule has 0 aliphatic carbocycles. The Morgan fingerprint density at radius 1 is 1.09 bits per heavy atom. The van der Waals surface area contributed by atoms with Crippen molar-refractivity contribution in [1.29, 1.82) is 0 Å². The molecule has 0 unspecified atom stereocenters. The highest BCUT2D eigenvalue weighted by atomic mass is 16.1. The Bertz CT molecular complexity index is 802. The number of para-hydroxylation sites is 2. The summed E-state index contributed by atoms with van der Waals surface area (Å²) in [5.74, 6) is -0.0167. The summed E-state index contributed by atoms with van der Waals surface area (Å²) in [6, 6.07) is 13.7. The van der Waals surface area contributed by atoms with Crippen LogP contribution < -0.4 is 5.32 Å². The molecule has 112 valence electrons. The zero-order valence-corrected chi connectivity index (χ0v) is 12.7. The van der Waals surface area contributed by atoms with E-state index < -0.39 is 0 Å². The highest BCUT2D eigenvalue weighted by Gasteiger charge is 2.09. The van der Waals surface area contributed by atoms with E-state index in [4.69, 9.17) is 0 Å². The molecule has 5 nitrogen and oxygen atoms in total. The average Bonchev–Trinajstić information content (AvgIpc) is 2.92. The van der Waals surface area contributed by atoms with Crippen molar-refractivity contribution in [3.05, 3.63) is 53.6 Å². The fourth-order valence-corrected chi connectivity index (χ4v) is 2.50. The molecule has 5 heteroatoms. The van der Waals surface area contributed by atoms with Gasteiger partial charge in [-0.15, -0.1) is 5.10 Å². The van der Waals surface area contributed by atoms with Crippen molar-refractivity contribution < 1.29 is 4.79 Å². The van der Waals surface area contributed by atoms with Crippen molar-refractivity contribution in [3.63, 3.8) is 0 Å². The Hall–Kier alpha value is -2.69. The summed E-state index contributed by atoms with van der Waals surface area (Å²) in [5, 5.41) is 11.2. The van der Waals surface area contributed by atoms with Crippen LogP contribution in [0.3, 0.4) is 0 Å². The number of benzene rings is 2. The number of nitrogens with zero attached hydrogens (tertiary/aromatic N) is 3. The number of hydrogen-bond donors (Lipinski definition) is 1. The summed E-state index contributed by atoms with van der Waals surface area (Å²) < 4.78 is 1.76. The molecule has 0 bridgehead atoms. The van der Waals surface area contributed by atoms with E-state index in [2.05, 4.69) is 15.6 Å². The minimum Gasteiger partial charge on any atom is -0.326 e. The minimum atomic E-state index is -0.0167. The number of aromatic nitrogens is 3. The van der Waals surface area contributed by atoms with Crippen molar-refractivity contribution in [1.82, 2.24) is 15.0 Å². The van der Waals surface area contributed by atoms with Gasteiger partial charge in [0, 0.05) is 12.1 Å². The summed E-state index contributed by atoms with van der Waals surface area (Å²) in [6.07, 6.45) is 0.362. The molecule has 3 aromatic rings. The lowest BCUT2D eigenvalue weighted by Crippen LogP contribution is -2.16. The Labute approximate surface area is 129 Å². The van der Waals surface area contributed by atoms with Gasteiger partial charge in [0.15, 0.2) is 0 Å². The summed E-state index contributed by atoms with van der Waals surface area (Å²) >= 11 is 0. The zero-order chi connectivity index (χ0) is 15.5. The second-order valence-electron chi connectivity index (χ2n) is 5.37. The monoisotopic (exact) mass is 294 g/mol. The first-order chi connectivity index (χ1) is 10.6. The molecule has 1 amide bonds. The largest absolute Gasteiger partial charge is 0.326 e. The molecule has 0 aliphatic heterocycles. The molecule has 0 atom stereocenters. The number of carbonyl (C=O) groups excluding carboxylic acids is 1. The van der Waals surface area contributed by atoms with E-state index in [1.807, 2.05) is 56.3 Å². The summed E-state index contributed by atoms with van der Waals surface area (Å²) in [4.78, 5) is 12.2. The number of amides is 1. The van der Waals surface area contributed by atoms with Crippen LogP contribution in [0, 0.1) is 13.8 Å². The van der Waals surface area contributed by atoms with Gasteiger partial charge in [-0.25, -0.2) is 4.68 Å². The highest BCUT2D eigenvalue weighted by molar-refractivity contribution is 5.92. The van der Waals surface area contributed by atoms with Crippen LogP contribution in [0.2, 0.25) is 0 Å². The van der Waals surface area contributed by atoms with Crippen molar-refractivity contribution in [2.24, 2.45) is 0 Å². The van der Waals surface area contributed by atoms with Crippen LogP contribution in [-0.2, 0) is 11.3 Å². The van der Waals surface area contributed by atoms with E-state index in [0.29, 0.717) is 13.0 Å². The van der Waals surface area contributed by atoms with E-state index in [1.165, 1.54) is 0 Å². The molecule has 22 heavy (non-hydrogen) atoms. The maximum absolute atomic E-state index is 12.2. The van der Waals surface area contributed by atoms with Gasteiger partial charge in [-0.05, 0) is 37.1 Å². The van der Waals surface area contributed by atoms with Crippen LogP contribution in [0.1, 0.15) is 17.5 Å². The van der Waals surface area contributed by atoms with Crippen LogP contribution in [0.5, 0.6) is 0 Å². The second kappa shape index (κ2) is 5.97. The Balaban J connectivity index is 1.68. The van der Waals surface area contributed by atoms with E-state index >= 15 is 0 Å². The number of aryl methyl sites for hydroxylation is 3. The minimum absolute atomic E-state index is 0.0167. The Kier molecular flexibility index (Phi) is 3.87. The number of rotatable bonds is 4. The molecule has 1 heterocycles. The van der Waals surface area contributed by atoms with Crippen molar-refractivity contribution in [3.8, 4) is 0 Å². The van der Waals surface area contributed by atoms with Gasteiger partial charge < -0.3 is 5.32 Å². The Morgan fingerprint density at radius 2 is 1.82 bits per heavy atom. The molecule has 1 aromatic heterocycles. The van der Waals surface area contributed by atoms with Crippen molar-refractivity contribution in [2.45, 2.75) is 26.8 Å². The fraction of sp³-hybridized carbons (Fsp3) is 0.235. The lowest BCUT2D eigenvalue weighted by molar-refractivity contribution is -0.116. The molecule has 0 aliphatic rings. The quantitative estimate of drug-likeness (QED) is 0.804. The van der Waals surface area contributed by atoms with Crippen LogP contribution in [-0.4, -0.2) is 20.9 Å². The molecular formula is C17H18N4O. The zero-order valence-electron chi connectivity index (χ0n) is 12.7. The van der Waals surface area contributed by atoms with E-state index in [-0.39, 0.29) is 5.91 Å². The second-order valence-corrected chi connectivity index (χ2v) is 5.37. The van der Waals surface area contributed by atoms with Gasteiger partial charge in [0.05, 0.1) is 12.1 Å². The first-order valence-corrected chi connectivity index (χ1v) is 7.29. The number of fused-ring (bicyclic) bond motifs is 1. The van der Waals surface area contributed by atoms with Crippen LogP contribution in [0.4, 0.5) is 5.69 Å². The predicted molar refractivity (Wildman–Crippen MR) is 86.7 cm³/mol. The summed E-state index contributed by atoms with van der Waals surface area (Å²) in [5.41, 5.74) is 4.83. The van der Waals surface area contributed by atoms with E-state index in [1.54, 1.807) is 4.68 Å². The molecule has 0 spiro atoms. The maximum atomic E-state index is 12.2. The molecule has 3 rings (SSSR count). The highest BCUT2D eigenvalue weighted by Crippen LogP contribution is 2.19. The summed E-state index contributed by atoms with van der Waals surface area (Å²) in [7, 11) is 0. The molecule has 0 radical (unpaired) electrons.